The maximum Gasteiger partial charge on any atom is 0.0631 e. The molecular weight excluding hydrogens is 238 g/mol. The third-order valence-corrected chi connectivity index (χ3v) is 4.86. The number of ether oxygens (including phenoxy) is 1. The molecule has 2 aliphatic carbocycles. The van der Waals surface area contributed by atoms with E-state index in [2.05, 4.69) is 25.8 Å². The first-order chi connectivity index (χ1) is 8.99. The monoisotopic (exact) mass is 269 g/mol. The molecule has 0 saturated heterocycles. The van der Waals surface area contributed by atoms with Crippen LogP contribution in [0.15, 0.2) is 0 Å². The molecule has 0 bridgehead atoms. The van der Waals surface area contributed by atoms with Crippen molar-refractivity contribution in [3.05, 3.63) is 0 Å². The van der Waals surface area contributed by atoms with Gasteiger partial charge in [0, 0.05) is 19.7 Å². The Hall–Kier alpha value is -0.120. The Bertz CT molecular complexity index is 276. The first kappa shape index (κ1) is 15.3. The van der Waals surface area contributed by atoms with E-state index in [-0.39, 0.29) is 11.5 Å². The standard InChI is InChI=1S/C16H31NO2/c1-16(2)8-4-5-14(15(16)18)11-17(3)9-10-19-12-13-6-7-13/h13-15,18H,4-12H2,1-3H3. The van der Waals surface area contributed by atoms with Gasteiger partial charge in [0.2, 0.25) is 0 Å². The quantitative estimate of drug-likeness (QED) is 0.721. The molecule has 2 atom stereocenters. The minimum Gasteiger partial charge on any atom is -0.392 e. The summed E-state index contributed by atoms with van der Waals surface area (Å²) in [6.07, 6.45) is 6.13. The summed E-state index contributed by atoms with van der Waals surface area (Å²) in [5.41, 5.74) is 0.0895. The first-order valence-electron chi connectivity index (χ1n) is 7.93. The fourth-order valence-corrected chi connectivity index (χ4v) is 3.20. The van der Waals surface area contributed by atoms with E-state index in [0.717, 1.165) is 45.1 Å². The second-order valence-corrected chi connectivity index (χ2v) is 7.37. The van der Waals surface area contributed by atoms with Crippen LogP contribution in [0.25, 0.3) is 0 Å². The number of aliphatic hydroxyl groups excluding tert-OH is 1. The zero-order chi connectivity index (χ0) is 13.9. The van der Waals surface area contributed by atoms with Crippen molar-refractivity contribution in [2.24, 2.45) is 17.3 Å². The number of rotatable bonds is 7. The number of nitrogens with zero attached hydrogens (tertiary/aromatic N) is 1. The van der Waals surface area contributed by atoms with Crippen LogP contribution in [0.4, 0.5) is 0 Å². The van der Waals surface area contributed by atoms with Gasteiger partial charge in [-0.2, -0.15) is 0 Å². The zero-order valence-corrected chi connectivity index (χ0v) is 12.9. The molecule has 0 heterocycles. The summed E-state index contributed by atoms with van der Waals surface area (Å²) in [5, 5.41) is 10.4. The van der Waals surface area contributed by atoms with Crippen LogP contribution in [-0.2, 0) is 4.74 Å². The Kier molecular flexibility index (Phi) is 5.27. The van der Waals surface area contributed by atoms with Crippen LogP contribution in [0.2, 0.25) is 0 Å². The van der Waals surface area contributed by atoms with Gasteiger partial charge in [0.05, 0.1) is 12.7 Å². The lowest BCUT2D eigenvalue weighted by atomic mass is 9.69. The molecule has 0 amide bonds. The van der Waals surface area contributed by atoms with E-state index in [0.29, 0.717) is 5.92 Å². The number of likely N-dealkylation sites (N-methyl/N-ethyl adjacent to an activating group) is 1. The third-order valence-electron chi connectivity index (χ3n) is 4.86. The molecule has 2 rings (SSSR count). The highest BCUT2D eigenvalue weighted by Crippen LogP contribution is 2.39. The van der Waals surface area contributed by atoms with E-state index in [1.54, 1.807) is 0 Å². The minimum atomic E-state index is -0.156. The maximum absolute atomic E-state index is 10.4. The zero-order valence-electron chi connectivity index (χ0n) is 12.9. The topological polar surface area (TPSA) is 32.7 Å². The second kappa shape index (κ2) is 6.55. The largest absolute Gasteiger partial charge is 0.392 e. The summed E-state index contributed by atoms with van der Waals surface area (Å²) in [4.78, 5) is 2.32. The molecule has 2 saturated carbocycles. The molecule has 2 fully saturated rings. The summed E-state index contributed by atoms with van der Waals surface area (Å²) in [6.45, 7) is 8.16. The van der Waals surface area contributed by atoms with Gasteiger partial charge in [-0.3, -0.25) is 0 Å². The van der Waals surface area contributed by atoms with Crippen LogP contribution in [-0.4, -0.2) is 49.5 Å². The van der Waals surface area contributed by atoms with Crippen molar-refractivity contribution in [2.45, 2.75) is 52.1 Å². The van der Waals surface area contributed by atoms with Crippen LogP contribution in [0, 0.1) is 17.3 Å². The molecule has 0 spiro atoms. The molecular formula is C16H31NO2. The van der Waals surface area contributed by atoms with Gasteiger partial charge in [0.15, 0.2) is 0 Å². The lowest BCUT2D eigenvalue weighted by Gasteiger charge is -2.42. The Morgan fingerprint density at radius 2 is 2.00 bits per heavy atom. The average molecular weight is 269 g/mol. The smallest absolute Gasteiger partial charge is 0.0631 e. The van der Waals surface area contributed by atoms with Gasteiger partial charge >= 0.3 is 0 Å². The molecule has 0 aromatic heterocycles. The molecule has 0 aromatic rings. The van der Waals surface area contributed by atoms with Crippen LogP contribution in [0.3, 0.4) is 0 Å². The van der Waals surface area contributed by atoms with Crippen LogP contribution < -0.4 is 0 Å². The van der Waals surface area contributed by atoms with Gasteiger partial charge in [0.1, 0.15) is 0 Å². The molecule has 1 N–H and O–H groups in total. The first-order valence-corrected chi connectivity index (χ1v) is 7.93. The van der Waals surface area contributed by atoms with Gasteiger partial charge in [-0.05, 0) is 50.0 Å². The van der Waals surface area contributed by atoms with E-state index in [1.807, 2.05) is 0 Å². The molecule has 0 aliphatic heterocycles. The number of hydrogen-bond acceptors (Lipinski definition) is 3. The summed E-state index contributed by atoms with van der Waals surface area (Å²) in [7, 11) is 2.15. The van der Waals surface area contributed by atoms with E-state index in [9.17, 15) is 5.11 Å². The average Bonchev–Trinajstić information content (AvgIpc) is 3.15. The van der Waals surface area contributed by atoms with Crippen molar-refractivity contribution in [2.75, 3.05) is 33.4 Å². The number of aliphatic hydroxyl groups is 1. The van der Waals surface area contributed by atoms with Crippen molar-refractivity contribution in [3.63, 3.8) is 0 Å². The van der Waals surface area contributed by atoms with Crippen LogP contribution in [0.5, 0.6) is 0 Å². The maximum atomic E-state index is 10.4. The molecule has 3 heteroatoms. The van der Waals surface area contributed by atoms with E-state index >= 15 is 0 Å². The van der Waals surface area contributed by atoms with Crippen molar-refractivity contribution in [1.29, 1.82) is 0 Å². The van der Waals surface area contributed by atoms with Crippen LogP contribution >= 0.6 is 0 Å². The molecule has 19 heavy (non-hydrogen) atoms. The highest BCUT2D eigenvalue weighted by Gasteiger charge is 2.37. The van der Waals surface area contributed by atoms with Crippen molar-refractivity contribution in [3.8, 4) is 0 Å². The lowest BCUT2D eigenvalue weighted by Crippen LogP contribution is -2.44. The fraction of sp³-hybridized carbons (Fsp3) is 1.00. The predicted octanol–water partition coefficient (Wildman–Crippen LogP) is 2.53. The van der Waals surface area contributed by atoms with Crippen molar-refractivity contribution in [1.82, 2.24) is 4.90 Å². The highest BCUT2D eigenvalue weighted by molar-refractivity contribution is 4.89. The van der Waals surface area contributed by atoms with Crippen molar-refractivity contribution < 1.29 is 9.84 Å². The van der Waals surface area contributed by atoms with Crippen molar-refractivity contribution >= 4 is 0 Å². The SMILES string of the molecule is CN(CCOCC1CC1)CC1CCCC(C)(C)C1O. The Morgan fingerprint density at radius 1 is 1.26 bits per heavy atom. The van der Waals surface area contributed by atoms with Gasteiger partial charge in [-0.1, -0.05) is 20.3 Å². The molecule has 112 valence electrons. The van der Waals surface area contributed by atoms with Gasteiger partial charge in [0.25, 0.3) is 0 Å². The van der Waals surface area contributed by atoms with Gasteiger partial charge < -0.3 is 14.7 Å². The fourth-order valence-electron chi connectivity index (χ4n) is 3.20. The third kappa shape index (κ3) is 4.73. The summed E-state index contributed by atoms with van der Waals surface area (Å²) >= 11 is 0. The molecule has 2 aliphatic rings. The minimum absolute atomic E-state index is 0.0895. The van der Waals surface area contributed by atoms with E-state index < -0.39 is 0 Å². The molecule has 3 nitrogen and oxygen atoms in total. The number of hydrogen-bond donors (Lipinski definition) is 1. The Labute approximate surface area is 118 Å². The Morgan fingerprint density at radius 3 is 2.68 bits per heavy atom. The Balaban J connectivity index is 1.64. The van der Waals surface area contributed by atoms with E-state index in [4.69, 9.17) is 4.74 Å². The summed E-state index contributed by atoms with van der Waals surface area (Å²) < 4.78 is 5.68. The summed E-state index contributed by atoms with van der Waals surface area (Å²) in [6, 6.07) is 0. The van der Waals surface area contributed by atoms with Gasteiger partial charge in [-0.15, -0.1) is 0 Å². The molecule has 0 radical (unpaired) electrons. The van der Waals surface area contributed by atoms with E-state index in [1.165, 1.54) is 19.3 Å². The highest BCUT2D eigenvalue weighted by atomic mass is 16.5. The predicted molar refractivity (Wildman–Crippen MR) is 78.2 cm³/mol. The molecule has 0 aromatic carbocycles. The molecule has 2 unspecified atom stereocenters. The summed E-state index contributed by atoms with van der Waals surface area (Å²) in [5.74, 6) is 1.28. The normalized spacial score (nSPS) is 30.8. The second-order valence-electron chi connectivity index (χ2n) is 7.37. The van der Waals surface area contributed by atoms with Gasteiger partial charge in [-0.25, -0.2) is 0 Å². The van der Waals surface area contributed by atoms with Crippen LogP contribution in [0.1, 0.15) is 46.0 Å². The lowest BCUT2D eigenvalue weighted by molar-refractivity contribution is -0.0425.